The Morgan fingerprint density at radius 3 is 2.12 bits per heavy atom. The molecular formula is C14H11F6N3O2. The molecule has 0 unspecified atom stereocenters. The maximum Gasteiger partial charge on any atom is 0.493 e. The number of hydrogen-bond donors (Lipinski definition) is 0. The molecule has 0 aliphatic carbocycles. The lowest BCUT2D eigenvalue weighted by Gasteiger charge is -2.19. The normalized spacial score (nSPS) is 12.2. The Hall–Kier alpha value is -2.72. The number of hydrogen-bond acceptors (Lipinski definition) is 4. The summed E-state index contributed by atoms with van der Waals surface area (Å²) >= 11 is 0. The summed E-state index contributed by atoms with van der Waals surface area (Å²) in [5.41, 5.74) is -0.455. The highest BCUT2D eigenvalue weighted by Gasteiger charge is 2.42. The van der Waals surface area contributed by atoms with Gasteiger partial charge in [0, 0.05) is 14.1 Å². The van der Waals surface area contributed by atoms with Crippen LogP contribution in [0.25, 0.3) is 11.3 Å². The number of alkyl halides is 6. The predicted molar refractivity (Wildman–Crippen MR) is 74.2 cm³/mol. The number of halogens is 6. The van der Waals surface area contributed by atoms with Crippen molar-refractivity contribution < 1.29 is 36.0 Å². The fourth-order valence-electron chi connectivity index (χ4n) is 1.95. The fraction of sp³-hybridized carbons (Fsp3) is 0.286. The van der Waals surface area contributed by atoms with E-state index in [4.69, 9.17) is 0 Å². The molecule has 0 bridgehead atoms. The molecule has 11 heteroatoms. The second kappa shape index (κ2) is 6.30. The number of rotatable bonds is 3. The maximum absolute atomic E-state index is 12.7. The summed E-state index contributed by atoms with van der Waals surface area (Å²) in [6.45, 7) is 0. The van der Waals surface area contributed by atoms with E-state index < -0.39 is 24.0 Å². The first-order valence-corrected chi connectivity index (χ1v) is 6.64. The van der Waals surface area contributed by atoms with Crippen molar-refractivity contribution in [2.45, 2.75) is 12.4 Å². The Balaban J connectivity index is 2.20. The quantitative estimate of drug-likeness (QED) is 0.615. The first kappa shape index (κ1) is 18.6. The van der Waals surface area contributed by atoms with Gasteiger partial charge >= 0.3 is 18.3 Å². The van der Waals surface area contributed by atoms with Crippen LogP contribution in [-0.2, 0) is 22.9 Å². The van der Waals surface area contributed by atoms with Crippen LogP contribution in [0.4, 0.5) is 32.0 Å². The third-order valence-corrected chi connectivity index (χ3v) is 3.15. The van der Waals surface area contributed by atoms with Crippen LogP contribution in [0.3, 0.4) is 0 Å². The molecule has 2 rings (SSSR count). The molecule has 136 valence electrons. The zero-order chi connectivity index (χ0) is 19.0. The number of carbonyl (C=O) groups is 1. The van der Waals surface area contributed by atoms with E-state index >= 15 is 0 Å². The van der Waals surface area contributed by atoms with Crippen molar-refractivity contribution in [3.63, 3.8) is 0 Å². The predicted octanol–water partition coefficient (Wildman–Crippen LogP) is 3.56. The van der Waals surface area contributed by atoms with Crippen molar-refractivity contribution in [2.24, 2.45) is 7.05 Å². The average Bonchev–Trinajstić information content (AvgIpc) is 2.88. The van der Waals surface area contributed by atoms with Crippen molar-refractivity contribution in [2.75, 3.05) is 12.1 Å². The maximum atomic E-state index is 12.7. The molecule has 1 aromatic carbocycles. The molecule has 0 N–H and O–H groups in total. The monoisotopic (exact) mass is 367 g/mol. The minimum atomic E-state index is -5.14. The highest BCUT2D eigenvalue weighted by atomic mass is 19.4. The third-order valence-electron chi connectivity index (χ3n) is 3.15. The van der Waals surface area contributed by atoms with Gasteiger partial charge in [-0.25, -0.2) is 9.86 Å². The van der Waals surface area contributed by atoms with Crippen LogP contribution in [0.5, 0.6) is 0 Å². The highest BCUT2D eigenvalue weighted by Crippen LogP contribution is 2.32. The Labute approximate surface area is 137 Å². The summed E-state index contributed by atoms with van der Waals surface area (Å²) < 4.78 is 75.5. The van der Waals surface area contributed by atoms with Crippen LogP contribution in [-0.4, -0.2) is 29.0 Å². The van der Waals surface area contributed by atoms with Crippen LogP contribution >= 0.6 is 0 Å². The zero-order valence-corrected chi connectivity index (χ0v) is 12.8. The summed E-state index contributed by atoms with van der Waals surface area (Å²) in [6, 6.07) is 6.16. The van der Waals surface area contributed by atoms with Crippen LogP contribution in [0.1, 0.15) is 5.69 Å². The smallest absolute Gasteiger partial charge is 0.333 e. The molecule has 5 nitrogen and oxygen atoms in total. The van der Waals surface area contributed by atoms with E-state index in [2.05, 4.69) is 9.94 Å². The first-order valence-electron chi connectivity index (χ1n) is 6.64. The van der Waals surface area contributed by atoms with Gasteiger partial charge in [0.1, 0.15) is 0 Å². The summed E-state index contributed by atoms with van der Waals surface area (Å²) in [5, 5.41) is 3.97. The fourth-order valence-corrected chi connectivity index (χ4v) is 1.95. The van der Waals surface area contributed by atoms with Gasteiger partial charge in [-0.2, -0.15) is 31.4 Å². The number of anilines is 1. The molecule has 0 spiro atoms. The molecule has 0 aliphatic heterocycles. The van der Waals surface area contributed by atoms with E-state index in [1.165, 1.54) is 31.3 Å². The molecule has 0 saturated carbocycles. The van der Waals surface area contributed by atoms with Crippen LogP contribution < -0.4 is 5.06 Å². The van der Waals surface area contributed by atoms with Gasteiger partial charge in [0.25, 0.3) is 0 Å². The molecule has 0 saturated heterocycles. The van der Waals surface area contributed by atoms with E-state index in [9.17, 15) is 31.1 Å². The van der Waals surface area contributed by atoms with Gasteiger partial charge in [-0.05, 0) is 23.8 Å². The lowest BCUT2D eigenvalue weighted by Crippen LogP contribution is -2.32. The summed E-state index contributed by atoms with van der Waals surface area (Å²) in [6.07, 6.45) is -9.74. The molecule has 0 aliphatic rings. The van der Waals surface area contributed by atoms with Crippen molar-refractivity contribution in [1.29, 1.82) is 0 Å². The first-order chi connectivity index (χ1) is 11.4. The van der Waals surface area contributed by atoms with Crippen LogP contribution in [0.2, 0.25) is 0 Å². The molecule has 0 atom stereocenters. The minimum Gasteiger partial charge on any atom is -0.333 e. The average molecular weight is 367 g/mol. The number of hydroxylamine groups is 1. The molecular weight excluding hydrogens is 356 g/mol. The van der Waals surface area contributed by atoms with Crippen molar-refractivity contribution in [3.05, 3.63) is 36.0 Å². The Morgan fingerprint density at radius 1 is 1.12 bits per heavy atom. The number of carbonyl (C=O) groups excluding carboxylic acids is 1. The van der Waals surface area contributed by atoms with Crippen LogP contribution in [0, 0.1) is 0 Å². The summed E-state index contributed by atoms with van der Waals surface area (Å²) in [4.78, 5) is 14.9. The third kappa shape index (κ3) is 4.22. The number of aromatic nitrogens is 2. The largest absolute Gasteiger partial charge is 0.493 e. The molecule has 1 heterocycles. The molecule has 0 amide bonds. The van der Waals surface area contributed by atoms with Crippen molar-refractivity contribution >= 4 is 11.7 Å². The van der Waals surface area contributed by atoms with Gasteiger partial charge in [0.15, 0.2) is 5.69 Å². The summed E-state index contributed by atoms with van der Waals surface area (Å²) in [5.74, 6) is -2.39. The second-order valence-corrected chi connectivity index (χ2v) is 4.96. The van der Waals surface area contributed by atoms with E-state index in [1.807, 2.05) is 0 Å². The van der Waals surface area contributed by atoms with E-state index in [1.54, 1.807) is 0 Å². The van der Waals surface area contributed by atoms with Gasteiger partial charge in [-0.3, -0.25) is 4.68 Å². The molecule has 2 aromatic rings. The highest BCUT2D eigenvalue weighted by molar-refractivity contribution is 5.76. The minimum absolute atomic E-state index is 0.0968. The molecule has 0 radical (unpaired) electrons. The van der Waals surface area contributed by atoms with Crippen molar-refractivity contribution in [3.8, 4) is 11.3 Å². The van der Waals surface area contributed by atoms with Gasteiger partial charge in [0.05, 0.1) is 11.4 Å². The second-order valence-electron chi connectivity index (χ2n) is 4.96. The Kier molecular flexibility index (Phi) is 4.69. The lowest BCUT2D eigenvalue weighted by atomic mass is 10.1. The van der Waals surface area contributed by atoms with E-state index in [-0.39, 0.29) is 11.4 Å². The Bertz CT molecular complexity index is 764. The number of benzene rings is 1. The van der Waals surface area contributed by atoms with E-state index in [0.717, 1.165) is 17.8 Å². The lowest BCUT2D eigenvalue weighted by molar-refractivity contribution is -0.200. The molecule has 25 heavy (non-hydrogen) atoms. The van der Waals surface area contributed by atoms with Gasteiger partial charge in [0.2, 0.25) is 0 Å². The summed E-state index contributed by atoms with van der Waals surface area (Å²) in [7, 11) is 2.42. The number of aryl methyl sites for hydroxylation is 1. The topological polar surface area (TPSA) is 47.4 Å². The molecule has 0 fully saturated rings. The van der Waals surface area contributed by atoms with Crippen molar-refractivity contribution in [1.82, 2.24) is 9.78 Å². The van der Waals surface area contributed by atoms with Gasteiger partial charge in [-0.1, -0.05) is 12.1 Å². The SMILES string of the molecule is CN(OC(=O)C(F)(F)F)c1ccc(-c2cc(C(F)(F)F)nn2C)cc1. The standard InChI is InChI=1S/C14H11F6N3O2/c1-22-10(7-11(21-22)13(15,16)17)8-3-5-9(6-4-8)23(2)25-12(24)14(18,19)20/h3-7H,1-2H3. The number of nitrogens with zero attached hydrogens (tertiary/aromatic N) is 3. The Morgan fingerprint density at radius 2 is 1.68 bits per heavy atom. The van der Waals surface area contributed by atoms with Gasteiger partial charge < -0.3 is 4.84 Å². The van der Waals surface area contributed by atoms with Crippen LogP contribution in [0.15, 0.2) is 30.3 Å². The van der Waals surface area contributed by atoms with Gasteiger partial charge in [-0.15, -0.1) is 0 Å². The molecule has 1 aromatic heterocycles. The zero-order valence-electron chi connectivity index (χ0n) is 12.8. The van der Waals surface area contributed by atoms with E-state index in [0.29, 0.717) is 10.6 Å².